The average Bonchev–Trinajstić information content (AvgIpc) is 2.46. The fourth-order valence-corrected chi connectivity index (χ4v) is 2.13. The Morgan fingerprint density at radius 3 is 2.59 bits per heavy atom. The van der Waals surface area contributed by atoms with Gasteiger partial charge >= 0.3 is 0 Å². The van der Waals surface area contributed by atoms with Gasteiger partial charge in [-0.15, -0.1) is 0 Å². The van der Waals surface area contributed by atoms with E-state index in [2.05, 4.69) is 16.6 Å². The predicted molar refractivity (Wildman–Crippen MR) is 87.7 cm³/mol. The van der Waals surface area contributed by atoms with Gasteiger partial charge in [0.2, 0.25) is 5.90 Å². The van der Waals surface area contributed by atoms with Crippen LogP contribution in [0.3, 0.4) is 0 Å². The van der Waals surface area contributed by atoms with Crippen LogP contribution in [0.15, 0.2) is 41.9 Å². The Hall–Kier alpha value is -2.20. The van der Waals surface area contributed by atoms with E-state index in [0.29, 0.717) is 17.2 Å². The number of hydrogen-bond donors (Lipinski definition) is 0. The molecule has 5 heteroatoms. The number of aryl methyl sites for hydroxylation is 2. The third-order valence-electron chi connectivity index (χ3n) is 2.98. The molecule has 0 saturated carbocycles. The van der Waals surface area contributed by atoms with Crippen molar-refractivity contribution in [2.45, 2.75) is 13.8 Å². The summed E-state index contributed by atoms with van der Waals surface area (Å²) < 4.78 is 19.2. The molecule has 0 radical (unpaired) electrons. The minimum Gasteiger partial charge on any atom is -0.437 e. The Bertz CT molecular complexity index is 736. The molecule has 2 rings (SSSR count). The molecule has 22 heavy (non-hydrogen) atoms. The average molecular weight is 319 g/mol. The number of ether oxygens (including phenoxy) is 1. The van der Waals surface area contributed by atoms with Crippen molar-refractivity contribution in [1.82, 2.24) is 4.98 Å². The van der Waals surface area contributed by atoms with Crippen molar-refractivity contribution in [3.05, 3.63) is 70.3 Å². The monoisotopic (exact) mass is 318 g/mol. The van der Waals surface area contributed by atoms with Crippen LogP contribution in [0.5, 0.6) is 0 Å². The maximum absolute atomic E-state index is 13.5. The Morgan fingerprint density at radius 1 is 1.27 bits per heavy atom. The Labute approximate surface area is 134 Å². The van der Waals surface area contributed by atoms with E-state index in [-0.39, 0.29) is 10.8 Å². The summed E-state index contributed by atoms with van der Waals surface area (Å²) in [5.74, 6) is 0.0766. The summed E-state index contributed by atoms with van der Waals surface area (Å²) in [7, 11) is 1.60. The van der Waals surface area contributed by atoms with Crippen LogP contribution in [0.25, 0.3) is 5.76 Å². The number of pyridine rings is 1. The van der Waals surface area contributed by atoms with Crippen molar-refractivity contribution in [1.29, 1.82) is 0 Å². The highest BCUT2D eigenvalue weighted by atomic mass is 35.5. The molecule has 1 heterocycles. The molecule has 0 saturated heterocycles. The number of nitrogens with zero attached hydrogens (tertiary/aromatic N) is 2. The van der Waals surface area contributed by atoms with Crippen molar-refractivity contribution in [3.63, 3.8) is 0 Å². The SMILES string of the molecule is C=C(OC(=NC)c1cc(C)cc(C)n1)c1ccc(Cl)c(F)c1. The molecular formula is C17H16ClFN2O. The summed E-state index contributed by atoms with van der Waals surface area (Å²) in [4.78, 5) is 8.49. The van der Waals surface area contributed by atoms with Crippen LogP contribution in [0, 0.1) is 19.7 Å². The summed E-state index contributed by atoms with van der Waals surface area (Å²) in [6.45, 7) is 7.68. The zero-order chi connectivity index (χ0) is 16.3. The molecule has 0 aliphatic carbocycles. The lowest BCUT2D eigenvalue weighted by Crippen LogP contribution is -2.09. The van der Waals surface area contributed by atoms with Crippen LogP contribution in [-0.4, -0.2) is 17.9 Å². The van der Waals surface area contributed by atoms with Crippen LogP contribution < -0.4 is 0 Å². The third kappa shape index (κ3) is 3.71. The summed E-state index contributed by atoms with van der Waals surface area (Å²) in [5.41, 5.74) is 3.02. The van der Waals surface area contributed by atoms with E-state index in [9.17, 15) is 4.39 Å². The van der Waals surface area contributed by atoms with E-state index in [4.69, 9.17) is 16.3 Å². The molecule has 0 unspecified atom stereocenters. The standard InChI is InChI=1S/C17H16ClFN2O/c1-10-7-11(2)21-16(8-10)17(20-4)22-12(3)13-5-6-14(18)15(19)9-13/h5-9H,3H2,1-2,4H3. The maximum atomic E-state index is 13.5. The molecule has 3 nitrogen and oxygen atoms in total. The van der Waals surface area contributed by atoms with Gasteiger partial charge in [-0.2, -0.15) is 0 Å². The van der Waals surface area contributed by atoms with Gasteiger partial charge in [0.25, 0.3) is 0 Å². The van der Waals surface area contributed by atoms with Gasteiger partial charge in [0.15, 0.2) is 0 Å². The van der Waals surface area contributed by atoms with Crippen molar-refractivity contribution < 1.29 is 9.13 Å². The molecule has 0 fully saturated rings. The van der Waals surface area contributed by atoms with E-state index >= 15 is 0 Å². The number of aliphatic imine (C=N–C) groups is 1. The zero-order valence-electron chi connectivity index (χ0n) is 12.7. The van der Waals surface area contributed by atoms with Gasteiger partial charge in [-0.05, 0) is 49.7 Å². The molecule has 1 aromatic carbocycles. The lowest BCUT2D eigenvalue weighted by Gasteiger charge is -2.12. The van der Waals surface area contributed by atoms with E-state index in [1.807, 2.05) is 26.0 Å². The van der Waals surface area contributed by atoms with Gasteiger partial charge in [-0.1, -0.05) is 18.2 Å². The molecule has 0 aliphatic rings. The van der Waals surface area contributed by atoms with Crippen molar-refractivity contribution in [2.75, 3.05) is 7.05 Å². The normalized spacial score (nSPS) is 11.4. The number of aromatic nitrogens is 1. The van der Waals surface area contributed by atoms with Crippen LogP contribution in [0.4, 0.5) is 4.39 Å². The quantitative estimate of drug-likeness (QED) is 0.472. The molecule has 2 aromatic rings. The second kappa shape index (κ2) is 6.71. The lowest BCUT2D eigenvalue weighted by atomic mass is 10.2. The van der Waals surface area contributed by atoms with E-state index < -0.39 is 5.82 Å². The molecule has 0 atom stereocenters. The summed E-state index contributed by atoms with van der Waals surface area (Å²) in [5, 5.41) is 0.0527. The van der Waals surface area contributed by atoms with Gasteiger partial charge < -0.3 is 4.74 Å². The van der Waals surface area contributed by atoms with E-state index in [1.54, 1.807) is 13.1 Å². The van der Waals surface area contributed by atoms with Crippen LogP contribution >= 0.6 is 11.6 Å². The first kappa shape index (κ1) is 16.2. The van der Waals surface area contributed by atoms with Gasteiger partial charge in [0.05, 0.1) is 5.02 Å². The maximum Gasteiger partial charge on any atom is 0.240 e. The van der Waals surface area contributed by atoms with Crippen molar-refractivity contribution >= 4 is 23.3 Å². The minimum absolute atomic E-state index is 0.0527. The fraction of sp³-hybridized carbons (Fsp3) is 0.176. The molecule has 114 valence electrons. The predicted octanol–water partition coefficient (Wildman–Crippen LogP) is 4.55. The van der Waals surface area contributed by atoms with Crippen LogP contribution in [-0.2, 0) is 4.74 Å². The first-order valence-corrected chi connectivity index (χ1v) is 7.03. The summed E-state index contributed by atoms with van der Waals surface area (Å²) in [6, 6.07) is 8.19. The molecule has 0 spiro atoms. The molecule has 0 bridgehead atoms. The summed E-state index contributed by atoms with van der Waals surface area (Å²) in [6.07, 6.45) is 0. The molecule has 0 N–H and O–H groups in total. The highest BCUT2D eigenvalue weighted by Gasteiger charge is 2.12. The Kier molecular flexibility index (Phi) is 4.93. The van der Waals surface area contributed by atoms with E-state index in [0.717, 1.165) is 11.3 Å². The highest BCUT2D eigenvalue weighted by molar-refractivity contribution is 6.30. The molecule has 0 amide bonds. The van der Waals surface area contributed by atoms with Gasteiger partial charge in [-0.25, -0.2) is 9.37 Å². The zero-order valence-corrected chi connectivity index (χ0v) is 13.4. The number of rotatable bonds is 3. The van der Waals surface area contributed by atoms with E-state index in [1.165, 1.54) is 12.1 Å². The first-order chi connectivity index (χ1) is 10.4. The van der Waals surface area contributed by atoms with Crippen molar-refractivity contribution in [2.24, 2.45) is 4.99 Å². The minimum atomic E-state index is -0.525. The lowest BCUT2D eigenvalue weighted by molar-refractivity contribution is 0.506. The topological polar surface area (TPSA) is 34.5 Å². The third-order valence-corrected chi connectivity index (χ3v) is 3.29. The second-order valence-electron chi connectivity index (χ2n) is 4.85. The fourth-order valence-electron chi connectivity index (χ4n) is 2.01. The molecule has 1 aromatic heterocycles. The van der Waals surface area contributed by atoms with Gasteiger partial charge in [0.1, 0.15) is 17.3 Å². The second-order valence-corrected chi connectivity index (χ2v) is 5.26. The smallest absolute Gasteiger partial charge is 0.240 e. The van der Waals surface area contributed by atoms with Crippen LogP contribution in [0.2, 0.25) is 5.02 Å². The Morgan fingerprint density at radius 2 is 2.00 bits per heavy atom. The largest absolute Gasteiger partial charge is 0.437 e. The molecular weight excluding hydrogens is 303 g/mol. The van der Waals surface area contributed by atoms with Gasteiger partial charge in [-0.3, -0.25) is 4.99 Å². The number of benzene rings is 1. The van der Waals surface area contributed by atoms with Crippen molar-refractivity contribution in [3.8, 4) is 0 Å². The van der Waals surface area contributed by atoms with Gasteiger partial charge in [0, 0.05) is 18.3 Å². The number of hydrogen-bond acceptors (Lipinski definition) is 3. The molecule has 0 aliphatic heterocycles. The number of halogens is 2. The first-order valence-electron chi connectivity index (χ1n) is 6.65. The highest BCUT2D eigenvalue weighted by Crippen LogP contribution is 2.22. The summed E-state index contributed by atoms with van der Waals surface area (Å²) >= 11 is 5.67. The van der Waals surface area contributed by atoms with Crippen LogP contribution in [0.1, 0.15) is 22.5 Å². The Balaban J connectivity index is 2.26.